The first-order valence-corrected chi connectivity index (χ1v) is 19.1. The van der Waals surface area contributed by atoms with Crippen molar-refractivity contribution in [2.45, 2.75) is 108 Å². The number of alkyl carbamates (subject to hydrolysis) is 1. The third-order valence-corrected chi connectivity index (χ3v) is 11.5. The molecule has 3 fully saturated rings. The van der Waals surface area contributed by atoms with Gasteiger partial charge in [0.15, 0.2) is 0 Å². The van der Waals surface area contributed by atoms with Crippen LogP contribution >= 0.6 is 11.6 Å². The zero-order valence-corrected chi connectivity index (χ0v) is 32.4. The number of methoxy groups -OCH3 is 1. The van der Waals surface area contributed by atoms with Crippen LogP contribution in [-0.2, 0) is 29.1 Å². The highest BCUT2D eigenvalue weighted by Crippen LogP contribution is 2.46. The summed E-state index contributed by atoms with van der Waals surface area (Å²) in [7, 11) is -2.41. The molecule has 16 heteroatoms. The number of nitrogens with zero attached hydrogens (tertiary/aromatic N) is 2. The molecule has 0 spiro atoms. The van der Waals surface area contributed by atoms with Gasteiger partial charge in [-0.15, -0.1) is 6.58 Å². The Morgan fingerprint density at radius 1 is 1.10 bits per heavy atom. The third-order valence-electron chi connectivity index (χ3n) is 9.45. The van der Waals surface area contributed by atoms with Gasteiger partial charge < -0.3 is 29.7 Å². The van der Waals surface area contributed by atoms with E-state index >= 15 is 0 Å². The van der Waals surface area contributed by atoms with Crippen LogP contribution in [0.3, 0.4) is 0 Å². The van der Waals surface area contributed by atoms with Crippen molar-refractivity contribution < 1.29 is 41.8 Å². The van der Waals surface area contributed by atoms with E-state index in [1.165, 1.54) is 24.3 Å². The minimum absolute atomic E-state index is 0.0551. The molecule has 3 aliphatic rings. The van der Waals surface area contributed by atoms with E-state index in [0.29, 0.717) is 34.4 Å². The Balaban J connectivity index is 1.50. The summed E-state index contributed by atoms with van der Waals surface area (Å²) in [5.74, 6) is -2.04. The van der Waals surface area contributed by atoms with Crippen LogP contribution in [0.25, 0.3) is 10.8 Å². The van der Waals surface area contributed by atoms with Crippen molar-refractivity contribution in [2.24, 2.45) is 11.3 Å². The zero-order chi connectivity index (χ0) is 38.6. The number of ether oxygens (including phenoxy) is 3. The molecule has 3 N–H and O–H groups in total. The van der Waals surface area contributed by atoms with Crippen molar-refractivity contribution in [2.75, 3.05) is 13.7 Å². The van der Waals surface area contributed by atoms with Gasteiger partial charge in [0.25, 0.3) is 5.91 Å². The van der Waals surface area contributed by atoms with E-state index in [4.69, 9.17) is 25.8 Å². The summed E-state index contributed by atoms with van der Waals surface area (Å²) in [6.45, 7) is 15.8. The van der Waals surface area contributed by atoms with E-state index < -0.39 is 79.2 Å². The number of aromatic nitrogens is 1. The topological polar surface area (TPSA) is 182 Å². The lowest BCUT2D eigenvalue weighted by Crippen LogP contribution is -2.60. The van der Waals surface area contributed by atoms with Gasteiger partial charge in [-0.2, -0.15) is 0 Å². The predicted octanol–water partition coefficient (Wildman–Crippen LogP) is 4.24. The summed E-state index contributed by atoms with van der Waals surface area (Å²) < 4.78 is 45.1. The Kier molecular flexibility index (Phi) is 10.3. The van der Waals surface area contributed by atoms with E-state index in [1.807, 2.05) is 0 Å². The average Bonchev–Trinajstić information content (AvgIpc) is 3.95. The molecule has 2 aromatic rings. The average molecular weight is 762 g/mol. The smallest absolute Gasteiger partial charge is 0.408 e. The summed E-state index contributed by atoms with van der Waals surface area (Å²) >= 11 is 6.35. The summed E-state index contributed by atoms with van der Waals surface area (Å²) in [6, 6.07) is 2.78. The van der Waals surface area contributed by atoms with Gasteiger partial charge in [-0.1, -0.05) is 38.4 Å². The van der Waals surface area contributed by atoms with E-state index in [-0.39, 0.29) is 25.3 Å². The van der Waals surface area contributed by atoms with Crippen molar-refractivity contribution in [3.63, 3.8) is 0 Å². The molecule has 4 amide bonds. The molecule has 52 heavy (non-hydrogen) atoms. The lowest BCUT2D eigenvalue weighted by molar-refractivity contribution is -0.143. The third kappa shape index (κ3) is 8.25. The number of benzene rings is 1. The van der Waals surface area contributed by atoms with Crippen LogP contribution in [-0.4, -0.2) is 89.8 Å². The maximum Gasteiger partial charge on any atom is 0.408 e. The van der Waals surface area contributed by atoms with Crippen molar-refractivity contribution in [3.8, 4) is 11.6 Å². The van der Waals surface area contributed by atoms with Crippen molar-refractivity contribution in [1.29, 1.82) is 0 Å². The van der Waals surface area contributed by atoms with Crippen molar-refractivity contribution in [3.05, 3.63) is 42.1 Å². The Morgan fingerprint density at radius 2 is 1.77 bits per heavy atom. The van der Waals surface area contributed by atoms with E-state index in [1.54, 1.807) is 66.7 Å². The lowest BCUT2D eigenvalue weighted by Gasteiger charge is -2.36. The van der Waals surface area contributed by atoms with Gasteiger partial charge in [0.2, 0.25) is 27.7 Å². The highest BCUT2D eigenvalue weighted by atomic mass is 35.5. The normalized spacial score (nSPS) is 25.1. The number of nitrogens with one attached hydrogen (secondary N) is 3. The molecule has 2 aliphatic carbocycles. The fourth-order valence-electron chi connectivity index (χ4n) is 6.50. The van der Waals surface area contributed by atoms with Crippen LogP contribution in [0.5, 0.6) is 11.6 Å². The summed E-state index contributed by atoms with van der Waals surface area (Å²) in [4.78, 5) is 61.3. The maximum atomic E-state index is 14.6. The molecule has 14 nitrogen and oxygen atoms in total. The molecule has 1 aliphatic heterocycles. The summed E-state index contributed by atoms with van der Waals surface area (Å²) in [6.07, 6.45) is 3.13. The van der Waals surface area contributed by atoms with Crippen LogP contribution in [0.2, 0.25) is 5.02 Å². The second-order valence-corrected chi connectivity index (χ2v) is 18.6. The van der Waals surface area contributed by atoms with Crippen LogP contribution in [0, 0.1) is 11.3 Å². The second kappa shape index (κ2) is 13.7. The first-order valence-electron chi connectivity index (χ1n) is 17.1. The molecular formula is C36H48ClN5O9S. The Labute approximate surface area is 309 Å². The van der Waals surface area contributed by atoms with E-state index in [0.717, 1.165) is 0 Å². The molecule has 2 heterocycles. The number of sulfonamides is 1. The zero-order valence-electron chi connectivity index (χ0n) is 30.8. The second-order valence-electron chi connectivity index (χ2n) is 16.2. The number of carbonyl (C=O) groups excluding carboxylic acids is 4. The minimum Gasteiger partial charge on any atom is -0.494 e. The predicted molar refractivity (Wildman–Crippen MR) is 194 cm³/mol. The molecular weight excluding hydrogens is 714 g/mol. The van der Waals surface area contributed by atoms with Gasteiger partial charge in [0, 0.05) is 28.1 Å². The van der Waals surface area contributed by atoms with E-state index in [9.17, 15) is 27.6 Å². The first kappa shape index (κ1) is 39.1. The van der Waals surface area contributed by atoms with Crippen LogP contribution in [0.1, 0.15) is 74.1 Å². The van der Waals surface area contributed by atoms with Crippen molar-refractivity contribution in [1.82, 2.24) is 25.2 Å². The maximum absolute atomic E-state index is 14.6. The van der Waals surface area contributed by atoms with E-state index in [2.05, 4.69) is 26.9 Å². The standard InChI is InChI=1S/C36H48ClN5O9S/c1-10-20-16-36(20,31(45)41-52(47,48)22-12-13-22)40-28(43)25-17-35(8,50-29-24-15-21(37)11-14-23(24)26(49-9)18-38-29)19-42(25)30(44)27(33(2,3)4)39-32(46)51-34(5,6)7/h10-11,14-15,18,20,22,25,27H,1,12-13,16-17,19H2,2-9H3,(H,39,46)(H,40,43)(H,41,45)/t20-,25+,27+,35-,36-/m1/s1. The Morgan fingerprint density at radius 3 is 2.33 bits per heavy atom. The van der Waals surface area contributed by atoms with Gasteiger partial charge in [0.05, 0.1) is 25.1 Å². The van der Waals surface area contributed by atoms with Crippen LogP contribution < -0.4 is 24.8 Å². The lowest BCUT2D eigenvalue weighted by atomic mass is 9.85. The number of hydrogen-bond donors (Lipinski definition) is 3. The molecule has 1 aromatic heterocycles. The van der Waals surface area contributed by atoms with Crippen LogP contribution in [0.15, 0.2) is 37.1 Å². The number of hydrogen-bond acceptors (Lipinski definition) is 10. The molecule has 5 atom stereocenters. The van der Waals surface area contributed by atoms with Crippen LogP contribution in [0.4, 0.5) is 4.79 Å². The number of rotatable bonds is 11. The van der Waals surface area contributed by atoms with Crippen molar-refractivity contribution >= 4 is 56.2 Å². The number of pyridine rings is 1. The fourth-order valence-corrected chi connectivity index (χ4v) is 8.03. The number of fused-ring (bicyclic) bond motifs is 1. The van der Waals surface area contributed by atoms with Gasteiger partial charge in [-0.05, 0) is 70.6 Å². The minimum atomic E-state index is -3.92. The van der Waals surface area contributed by atoms with Gasteiger partial charge in [-0.25, -0.2) is 18.2 Å². The molecule has 0 unspecified atom stereocenters. The number of carbonyl (C=O) groups is 4. The molecule has 0 radical (unpaired) electrons. The number of amides is 4. The van der Waals surface area contributed by atoms with Gasteiger partial charge in [-0.3, -0.25) is 19.1 Å². The molecule has 1 saturated heterocycles. The molecule has 5 rings (SSSR count). The number of halogens is 1. The Hall–Kier alpha value is -4.11. The monoisotopic (exact) mass is 761 g/mol. The van der Waals surface area contributed by atoms with Gasteiger partial charge >= 0.3 is 6.09 Å². The highest BCUT2D eigenvalue weighted by Gasteiger charge is 2.62. The Bertz CT molecular complexity index is 1910. The summed E-state index contributed by atoms with van der Waals surface area (Å²) in [5.41, 5.74) is -4.50. The highest BCUT2D eigenvalue weighted by molar-refractivity contribution is 7.91. The fraction of sp³-hybridized carbons (Fsp3) is 0.583. The molecule has 2 saturated carbocycles. The van der Waals surface area contributed by atoms with Gasteiger partial charge in [0.1, 0.15) is 34.6 Å². The molecule has 0 bridgehead atoms. The number of likely N-dealkylation sites (tertiary alicyclic amines) is 1. The molecule has 284 valence electrons. The first-order chi connectivity index (χ1) is 24.0. The quantitative estimate of drug-likeness (QED) is 0.280. The summed E-state index contributed by atoms with van der Waals surface area (Å²) in [5, 5.41) is 6.46. The molecule has 1 aromatic carbocycles. The largest absolute Gasteiger partial charge is 0.494 e. The SMILES string of the molecule is C=C[C@@H]1C[C@]1(NC(=O)[C@@H]1C[C@@](C)(Oc2ncc(OC)c3ccc(Cl)cc23)CN1C(=O)[C@H](NC(=O)OC(C)(C)C)C(C)(C)C)C(=O)NS(=O)(=O)C1CC1.